The number of anilines is 1. The molecule has 3 rings (SSSR count). The van der Waals surface area contributed by atoms with Crippen LogP contribution in [0.2, 0.25) is 0 Å². The highest BCUT2D eigenvalue weighted by Crippen LogP contribution is 2.27. The SMILES string of the molecule is CCC(=O)O.Cl.Nc1c2ccccc2nc2ccccc12. The Labute approximate surface area is 129 Å². The average Bonchev–Trinajstić information content (AvgIpc) is 2.48. The van der Waals surface area contributed by atoms with Crippen molar-refractivity contribution in [2.24, 2.45) is 0 Å². The van der Waals surface area contributed by atoms with Crippen molar-refractivity contribution in [1.29, 1.82) is 0 Å². The van der Waals surface area contributed by atoms with Crippen molar-refractivity contribution in [2.75, 3.05) is 5.73 Å². The fourth-order valence-corrected chi connectivity index (χ4v) is 1.87. The molecule has 3 aromatic rings. The molecule has 0 aliphatic rings. The Hall–Kier alpha value is -2.33. The number of halogens is 1. The first-order chi connectivity index (χ1) is 9.63. The monoisotopic (exact) mass is 304 g/mol. The van der Waals surface area contributed by atoms with Crippen molar-refractivity contribution in [2.45, 2.75) is 13.3 Å². The number of rotatable bonds is 1. The van der Waals surface area contributed by atoms with Crippen LogP contribution in [0.25, 0.3) is 21.8 Å². The molecule has 2 aromatic carbocycles. The summed E-state index contributed by atoms with van der Waals surface area (Å²) >= 11 is 0. The van der Waals surface area contributed by atoms with Gasteiger partial charge in [-0.2, -0.15) is 0 Å². The Balaban J connectivity index is 0.000000324. The standard InChI is InChI=1S/C13H10N2.C3H6O2.ClH/c14-13-9-5-1-3-7-11(9)15-12-8-4-2-6-10(12)13;1-2-3(4)5;/h1-8H,(H2,14,15);2H2,1H3,(H,4,5);1H. The van der Waals surface area contributed by atoms with E-state index in [1.807, 2.05) is 48.5 Å². The Morgan fingerprint density at radius 3 is 1.81 bits per heavy atom. The topological polar surface area (TPSA) is 76.2 Å². The molecule has 1 aromatic heterocycles. The number of nitrogen functional groups attached to an aromatic ring is 1. The van der Waals surface area contributed by atoms with Crippen molar-refractivity contribution in [3.63, 3.8) is 0 Å². The van der Waals surface area contributed by atoms with Crippen molar-refractivity contribution < 1.29 is 9.90 Å². The van der Waals surface area contributed by atoms with Gasteiger partial charge >= 0.3 is 5.97 Å². The fraction of sp³-hybridized carbons (Fsp3) is 0.125. The van der Waals surface area contributed by atoms with Crippen LogP contribution in [0.1, 0.15) is 13.3 Å². The molecule has 0 aliphatic heterocycles. The summed E-state index contributed by atoms with van der Waals surface area (Å²) < 4.78 is 0. The van der Waals surface area contributed by atoms with Crippen LogP contribution in [0.3, 0.4) is 0 Å². The van der Waals surface area contributed by atoms with Gasteiger partial charge in [0.05, 0.1) is 16.7 Å². The van der Waals surface area contributed by atoms with Gasteiger partial charge in [0.25, 0.3) is 0 Å². The number of hydrogen-bond acceptors (Lipinski definition) is 3. The molecule has 21 heavy (non-hydrogen) atoms. The van der Waals surface area contributed by atoms with E-state index in [0.29, 0.717) is 0 Å². The number of pyridine rings is 1. The summed E-state index contributed by atoms with van der Waals surface area (Å²) in [5.41, 5.74) is 8.84. The maximum absolute atomic E-state index is 9.37. The molecule has 0 spiro atoms. The van der Waals surface area contributed by atoms with Gasteiger partial charge in [0, 0.05) is 17.2 Å². The Bertz CT molecular complexity index is 705. The number of hydrogen-bond donors (Lipinski definition) is 2. The second-order valence-electron chi connectivity index (χ2n) is 4.31. The lowest BCUT2D eigenvalue weighted by Crippen LogP contribution is -1.91. The molecule has 0 fully saturated rings. The van der Waals surface area contributed by atoms with Crippen molar-refractivity contribution in [1.82, 2.24) is 4.98 Å². The second kappa shape index (κ2) is 7.45. The zero-order valence-corrected chi connectivity index (χ0v) is 12.4. The molecule has 110 valence electrons. The van der Waals surface area contributed by atoms with Crippen LogP contribution in [0.15, 0.2) is 48.5 Å². The fourth-order valence-electron chi connectivity index (χ4n) is 1.87. The molecule has 1 heterocycles. The van der Waals surface area contributed by atoms with Crippen LogP contribution in [0.5, 0.6) is 0 Å². The van der Waals surface area contributed by atoms with E-state index in [4.69, 9.17) is 10.8 Å². The molecule has 0 aliphatic carbocycles. The summed E-state index contributed by atoms with van der Waals surface area (Å²) in [6.45, 7) is 1.60. The number of para-hydroxylation sites is 2. The summed E-state index contributed by atoms with van der Waals surface area (Å²) in [5, 5.41) is 9.77. The van der Waals surface area contributed by atoms with Crippen LogP contribution in [-0.2, 0) is 4.79 Å². The Kier molecular flexibility index (Phi) is 5.93. The van der Waals surface area contributed by atoms with Crippen LogP contribution in [0.4, 0.5) is 5.69 Å². The van der Waals surface area contributed by atoms with Gasteiger partial charge < -0.3 is 10.8 Å². The number of carbonyl (C=O) groups is 1. The highest BCUT2D eigenvalue weighted by molar-refractivity contribution is 6.06. The van der Waals surface area contributed by atoms with Crippen molar-refractivity contribution in [3.8, 4) is 0 Å². The van der Waals surface area contributed by atoms with Gasteiger partial charge in [-0.25, -0.2) is 4.98 Å². The smallest absolute Gasteiger partial charge is 0.303 e. The van der Waals surface area contributed by atoms with E-state index in [1.165, 1.54) is 0 Å². The molecule has 5 heteroatoms. The van der Waals surface area contributed by atoms with Gasteiger partial charge in [-0.1, -0.05) is 43.3 Å². The number of aliphatic carboxylic acids is 1. The number of nitrogens with two attached hydrogens (primary N) is 1. The average molecular weight is 305 g/mol. The molecule has 0 saturated carbocycles. The molecule has 0 unspecified atom stereocenters. The lowest BCUT2D eigenvalue weighted by atomic mass is 10.1. The summed E-state index contributed by atoms with van der Waals surface area (Å²) in [6.07, 6.45) is 0.222. The molecule has 0 radical (unpaired) electrons. The maximum atomic E-state index is 9.37. The van der Waals surface area contributed by atoms with Gasteiger partial charge in [-0.3, -0.25) is 4.79 Å². The van der Waals surface area contributed by atoms with Crippen LogP contribution >= 0.6 is 12.4 Å². The normalized spacial score (nSPS) is 9.57. The Morgan fingerprint density at radius 2 is 1.43 bits per heavy atom. The number of nitrogens with zero attached hydrogens (tertiary/aromatic N) is 1. The van der Waals surface area contributed by atoms with E-state index in [9.17, 15) is 4.79 Å². The minimum Gasteiger partial charge on any atom is -0.481 e. The van der Waals surface area contributed by atoms with E-state index in [2.05, 4.69) is 4.98 Å². The Morgan fingerprint density at radius 1 is 1.05 bits per heavy atom. The first kappa shape index (κ1) is 16.7. The summed E-state index contributed by atoms with van der Waals surface area (Å²) in [7, 11) is 0. The van der Waals surface area contributed by atoms with Crippen LogP contribution in [-0.4, -0.2) is 16.1 Å². The van der Waals surface area contributed by atoms with Gasteiger partial charge in [-0.05, 0) is 12.1 Å². The summed E-state index contributed by atoms with van der Waals surface area (Å²) in [4.78, 5) is 13.9. The zero-order chi connectivity index (χ0) is 14.5. The van der Waals surface area contributed by atoms with Crippen molar-refractivity contribution >= 4 is 45.9 Å². The van der Waals surface area contributed by atoms with Crippen LogP contribution in [0, 0.1) is 0 Å². The minimum atomic E-state index is -0.745. The third kappa shape index (κ3) is 3.83. The van der Waals surface area contributed by atoms with Gasteiger partial charge in [0.15, 0.2) is 0 Å². The van der Waals surface area contributed by atoms with E-state index < -0.39 is 5.97 Å². The largest absolute Gasteiger partial charge is 0.481 e. The van der Waals surface area contributed by atoms with E-state index in [1.54, 1.807) is 6.92 Å². The van der Waals surface area contributed by atoms with E-state index in [0.717, 1.165) is 27.5 Å². The molecule has 0 amide bonds. The third-order valence-corrected chi connectivity index (χ3v) is 2.93. The van der Waals surface area contributed by atoms with Gasteiger partial charge in [-0.15, -0.1) is 12.4 Å². The summed E-state index contributed by atoms with van der Waals surface area (Å²) in [5.74, 6) is -0.745. The minimum absolute atomic E-state index is 0. The summed E-state index contributed by atoms with van der Waals surface area (Å²) in [6, 6.07) is 15.9. The predicted octanol–water partition coefficient (Wildman–Crippen LogP) is 3.87. The molecule has 0 bridgehead atoms. The zero-order valence-electron chi connectivity index (χ0n) is 11.6. The molecule has 0 atom stereocenters. The lowest BCUT2D eigenvalue weighted by Gasteiger charge is -2.05. The second-order valence-corrected chi connectivity index (χ2v) is 4.31. The highest BCUT2D eigenvalue weighted by Gasteiger charge is 2.03. The third-order valence-electron chi connectivity index (χ3n) is 2.93. The molecular weight excluding hydrogens is 288 g/mol. The molecule has 3 N–H and O–H groups in total. The molecule has 4 nitrogen and oxygen atoms in total. The molecular formula is C16H17ClN2O2. The van der Waals surface area contributed by atoms with Crippen molar-refractivity contribution in [3.05, 3.63) is 48.5 Å². The molecule has 0 saturated heterocycles. The lowest BCUT2D eigenvalue weighted by molar-refractivity contribution is -0.136. The van der Waals surface area contributed by atoms with Crippen LogP contribution < -0.4 is 5.73 Å². The first-order valence-electron chi connectivity index (χ1n) is 6.38. The van der Waals surface area contributed by atoms with E-state index in [-0.39, 0.29) is 18.8 Å². The number of aromatic nitrogens is 1. The van der Waals surface area contributed by atoms with E-state index >= 15 is 0 Å². The number of carboxylic acid groups (broad SMARTS) is 1. The quantitative estimate of drug-likeness (QED) is 0.669. The predicted molar refractivity (Wildman–Crippen MR) is 88.8 cm³/mol. The number of fused-ring (bicyclic) bond motifs is 2. The van der Waals surface area contributed by atoms with Gasteiger partial charge in [0.1, 0.15) is 0 Å². The maximum Gasteiger partial charge on any atom is 0.303 e. The number of benzene rings is 2. The highest BCUT2D eigenvalue weighted by atomic mass is 35.5. The first-order valence-corrected chi connectivity index (χ1v) is 6.38. The van der Waals surface area contributed by atoms with Gasteiger partial charge in [0.2, 0.25) is 0 Å². The number of carboxylic acids is 1.